The van der Waals surface area contributed by atoms with Gasteiger partial charge in [-0.05, 0) is 56.8 Å². The van der Waals surface area contributed by atoms with Crippen LogP contribution in [0.3, 0.4) is 0 Å². The van der Waals surface area contributed by atoms with E-state index in [9.17, 15) is 0 Å². The fourth-order valence-electron chi connectivity index (χ4n) is 2.58. The summed E-state index contributed by atoms with van der Waals surface area (Å²) in [6, 6.07) is 6.58. The molecule has 0 spiro atoms. The van der Waals surface area contributed by atoms with Gasteiger partial charge in [0.15, 0.2) is 0 Å². The molecule has 1 N–H and O–H groups in total. The van der Waals surface area contributed by atoms with Gasteiger partial charge in [-0.1, -0.05) is 22.9 Å². The molecule has 21 heavy (non-hydrogen) atoms. The quantitative estimate of drug-likeness (QED) is 0.790. The van der Waals surface area contributed by atoms with E-state index in [1.165, 1.54) is 5.56 Å². The van der Waals surface area contributed by atoms with Crippen LogP contribution in [0.5, 0.6) is 5.75 Å². The van der Waals surface area contributed by atoms with Crippen molar-refractivity contribution in [2.45, 2.75) is 39.2 Å². The average molecular weight is 356 g/mol. The molecule has 1 aliphatic rings. The Balaban J connectivity index is 1.99. The van der Waals surface area contributed by atoms with Gasteiger partial charge in [-0.15, -0.1) is 0 Å². The molecule has 1 heterocycles. The summed E-state index contributed by atoms with van der Waals surface area (Å²) in [5, 5.41) is 3.53. The summed E-state index contributed by atoms with van der Waals surface area (Å²) in [6.45, 7) is 7.93. The smallest absolute Gasteiger partial charge is 0.124 e. The van der Waals surface area contributed by atoms with Gasteiger partial charge in [0.05, 0.1) is 6.61 Å². The fourth-order valence-corrected chi connectivity index (χ4v) is 2.96. The lowest BCUT2D eigenvalue weighted by molar-refractivity contribution is 0.0495. The van der Waals surface area contributed by atoms with Crippen molar-refractivity contribution in [3.63, 3.8) is 0 Å². The van der Waals surface area contributed by atoms with Crippen LogP contribution < -0.4 is 10.1 Å². The highest BCUT2D eigenvalue weighted by atomic mass is 79.9. The van der Waals surface area contributed by atoms with Crippen molar-refractivity contribution in [3.8, 4) is 5.75 Å². The van der Waals surface area contributed by atoms with E-state index in [1.807, 2.05) is 0 Å². The lowest BCUT2D eigenvalue weighted by Crippen LogP contribution is -2.23. The minimum atomic E-state index is 0.298. The van der Waals surface area contributed by atoms with Crippen LogP contribution in [-0.2, 0) is 4.74 Å². The van der Waals surface area contributed by atoms with Crippen LogP contribution in [-0.4, -0.2) is 26.4 Å². The van der Waals surface area contributed by atoms with Crippen molar-refractivity contribution in [2.24, 2.45) is 5.92 Å². The van der Waals surface area contributed by atoms with Crippen molar-refractivity contribution >= 4 is 15.9 Å². The zero-order valence-electron chi connectivity index (χ0n) is 13.0. The van der Waals surface area contributed by atoms with Crippen LogP contribution in [0.2, 0.25) is 0 Å². The summed E-state index contributed by atoms with van der Waals surface area (Å²) >= 11 is 3.56. The second kappa shape index (κ2) is 8.76. The van der Waals surface area contributed by atoms with Gasteiger partial charge in [0.1, 0.15) is 5.75 Å². The lowest BCUT2D eigenvalue weighted by Gasteiger charge is -2.24. The zero-order chi connectivity index (χ0) is 15.1. The van der Waals surface area contributed by atoms with E-state index in [2.05, 4.69) is 53.3 Å². The molecule has 2 rings (SSSR count). The molecular formula is C17H26BrNO2. The van der Waals surface area contributed by atoms with Gasteiger partial charge in [-0.2, -0.15) is 0 Å². The summed E-state index contributed by atoms with van der Waals surface area (Å²) in [5.74, 6) is 1.62. The molecule has 0 bridgehead atoms. The largest absolute Gasteiger partial charge is 0.493 e. The van der Waals surface area contributed by atoms with Crippen molar-refractivity contribution in [1.82, 2.24) is 5.32 Å². The molecule has 1 fully saturated rings. The van der Waals surface area contributed by atoms with Gasteiger partial charge in [0.2, 0.25) is 0 Å². The highest BCUT2D eigenvalue weighted by Crippen LogP contribution is 2.29. The summed E-state index contributed by atoms with van der Waals surface area (Å²) in [6.07, 6.45) is 3.35. The molecule has 1 aromatic rings. The number of ether oxygens (including phenoxy) is 2. The number of benzene rings is 1. The van der Waals surface area contributed by atoms with E-state index in [0.717, 1.165) is 55.9 Å². The van der Waals surface area contributed by atoms with Crippen molar-refractivity contribution in [2.75, 3.05) is 26.4 Å². The Bertz CT molecular complexity index is 433. The standard InChI is InChI=1S/C17H26BrNO2/c1-3-8-19-13(2)16-11-15(18)4-5-17(16)21-12-14-6-9-20-10-7-14/h4-5,11,13-14,19H,3,6-10,12H2,1-2H3. The lowest BCUT2D eigenvalue weighted by atomic mass is 10.0. The van der Waals surface area contributed by atoms with Gasteiger partial charge < -0.3 is 14.8 Å². The molecule has 0 aliphatic carbocycles. The number of halogens is 1. The third-order valence-corrected chi connectivity index (χ3v) is 4.45. The summed E-state index contributed by atoms with van der Waals surface area (Å²) < 4.78 is 12.6. The van der Waals surface area contributed by atoms with Crippen LogP contribution in [0.4, 0.5) is 0 Å². The number of nitrogens with one attached hydrogen (secondary N) is 1. The Kier molecular flexibility index (Phi) is 7.00. The molecule has 3 nitrogen and oxygen atoms in total. The Morgan fingerprint density at radius 3 is 2.86 bits per heavy atom. The second-order valence-corrected chi connectivity index (χ2v) is 6.64. The highest BCUT2D eigenvalue weighted by Gasteiger charge is 2.17. The molecule has 1 aromatic carbocycles. The Morgan fingerprint density at radius 1 is 1.38 bits per heavy atom. The van der Waals surface area contributed by atoms with Crippen LogP contribution in [0.1, 0.15) is 44.7 Å². The molecule has 0 saturated carbocycles. The first kappa shape index (κ1) is 16.8. The molecule has 1 unspecified atom stereocenters. The predicted octanol–water partition coefficient (Wildman–Crippen LogP) is 4.32. The minimum absolute atomic E-state index is 0.298. The summed E-state index contributed by atoms with van der Waals surface area (Å²) in [7, 11) is 0. The third-order valence-electron chi connectivity index (χ3n) is 3.95. The van der Waals surface area contributed by atoms with Gasteiger partial charge in [0.25, 0.3) is 0 Å². The predicted molar refractivity (Wildman–Crippen MR) is 89.9 cm³/mol. The normalized spacial score (nSPS) is 17.7. The van der Waals surface area contributed by atoms with Crippen molar-refractivity contribution in [3.05, 3.63) is 28.2 Å². The Hall–Kier alpha value is -0.580. The summed E-state index contributed by atoms with van der Waals surface area (Å²) in [4.78, 5) is 0. The number of rotatable bonds is 7. The molecule has 0 amide bonds. The Morgan fingerprint density at radius 2 is 2.14 bits per heavy atom. The van der Waals surface area contributed by atoms with Crippen LogP contribution in [0.25, 0.3) is 0 Å². The first-order valence-corrected chi connectivity index (χ1v) is 8.73. The van der Waals surface area contributed by atoms with E-state index in [0.29, 0.717) is 12.0 Å². The third kappa shape index (κ3) is 5.28. The van der Waals surface area contributed by atoms with Gasteiger partial charge >= 0.3 is 0 Å². The number of hydrogen-bond acceptors (Lipinski definition) is 3. The molecule has 0 aromatic heterocycles. The van der Waals surface area contributed by atoms with Crippen LogP contribution in [0.15, 0.2) is 22.7 Å². The maximum atomic E-state index is 6.12. The molecule has 1 aliphatic heterocycles. The molecule has 0 radical (unpaired) electrons. The van der Waals surface area contributed by atoms with Crippen LogP contribution in [0, 0.1) is 5.92 Å². The van der Waals surface area contributed by atoms with Gasteiger partial charge in [-0.25, -0.2) is 0 Å². The van der Waals surface area contributed by atoms with E-state index in [-0.39, 0.29) is 0 Å². The van der Waals surface area contributed by atoms with E-state index < -0.39 is 0 Å². The van der Waals surface area contributed by atoms with E-state index in [1.54, 1.807) is 0 Å². The molecular weight excluding hydrogens is 330 g/mol. The molecule has 4 heteroatoms. The van der Waals surface area contributed by atoms with Crippen LogP contribution >= 0.6 is 15.9 Å². The van der Waals surface area contributed by atoms with Crippen molar-refractivity contribution in [1.29, 1.82) is 0 Å². The van der Waals surface area contributed by atoms with Gasteiger partial charge in [-0.3, -0.25) is 0 Å². The zero-order valence-corrected chi connectivity index (χ0v) is 14.6. The average Bonchev–Trinajstić information content (AvgIpc) is 2.52. The minimum Gasteiger partial charge on any atom is -0.493 e. The second-order valence-electron chi connectivity index (χ2n) is 5.72. The fraction of sp³-hybridized carbons (Fsp3) is 0.647. The summed E-state index contributed by atoms with van der Waals surface area (Å²) in [5.41, 5.74) is 1.23. The SMILES string of the molecule is CCCNC(C)c1cc(Br)ccc1OCC1CCOCC1. The molecule has 1 atom stereocenters. The van der Waals surface area contributed by atoms with E-state index >= 15 is 0 Å². The van der Waals surface area contributed by atoms with Gasteiger partial charge in [0, 0.05) is 29.3 Å². The highest BCUT2D eigenvalue weighted by molar-refractivity contribution is 9.10. The maximum Gasteiger partial charge on any atom is 0.124 e. The van der Waals surface area contributed by atoms with Crippen molar-refractivity contribution < 1.29 is 9.47 Å². The molecule has 118 valence electrons. The van der Waals surface area contributed by atoms with E-state index in [4.69, 9.17) is 9.47 Å². The maximum absolute atomic E-state index is 6.12. The first-order valence-electron chi connectivity index (χ1n) is 7.94. The number of hydrogen-bond donors (Lipinski definition) is 1. The topological polar surface area (TPSA) is 30.5 Å². The monoisotopic (exact) mass is 355 g/mol. The Labute approximate surface area is 136 Å². The molecule has 1 saturated heterocycles. The first-order chi connectivity index (χ1) is 10.2.